The minimum absolute atomic E-state index is 0.0951. The summed E-state index contributed by atoms with van der Waals surface area (Å²) < 4.78 is 38.8. The molecule has 0 heterocycles. The standard InChI is InChI=1S/C27H32N2O5S/c1-19(23-13-16-25(33-3)26(18-23)34-4)28-27(30)17-12-21-10-14-24(15-11-21)35(31,32)29-20(2)22-8-6-5-7-9-22/h5-11,13-16,18-20,29H,12,17H2,1-4H3,(H,28,30)/t19-,20-/m1/s1. The van der Waals surface area contributed by atoms with Gasteiger partial charge in [0.25, 0.3) is 0 Å². The van der Waals surface area contributed by atoms with E-state index in [4.69, 9.17) is 9.47 Å². The van der Waals surface area contributed by atoms with E-state index in [0.717, 1.165) is 16.7 Å². The molecule has 0 aromatic heterocycles. The lowest BCUT2D eigenvalue weighted by atomic mass is 10.1. The molecular formula is C27H32N2O5S. The lowest BCUT2D eigenvalue weighted by molar-refractivity contribution is -0.121. The quantitative estimate of drug-likeness (QED) is 0.406. The molecule has 0 unspecified atom stereocenters. The van der Waals surface area contributed by atoms with Crippen molar-refractivity contribution < 1.29 is 22.7 Å². The predicted molar refractivity (Wildman–Crippen MR) is 136 cm³/mol. The Morgan fingerprint density at radius 3 is 2.11 bits per heavy atom. The third kappa shape index (κ3) is 7.07. The zero-order valence-electron chi connectivity index (χ0n) is 20.4. The van der Waals surface area contributed by atoms with Crippen LogP contribution in [0.3, 0.4) is 0 Å². The SMILES string of the molecule is COc1ccc([C@@H](C)NC(=O)CCc2ccc(S(=O)(=O)N[C@H](C)c3ccccc3)cc2)cc1OC. The van der Waals surface area contributed by atoms with Crippen molar-refractivity contribution in [2.24, 2.45) is 0 Å². The fourth-order valence-corrected chi connectivity index (χ4v) is 4.95. The number of ether oxygens (including phenoxy) is 2. The molecule has 35 heavy (non-hydrogen) atoms. The Hall–Kier alpha value is -3.36. The molecule has 0 saturated carbocycles. The Bertz CT molecular complexity index is 1230. The van der Waals surface area contributed by atoms with E-state index in [2.05, 4.69) is 10.0 Å². The van der Waals surface area contributed by atoms with Crippen LogP contribution in [0, 0.1) is 0 Å². The normalized spacial score (nSPS) is 13.0. The van der Waals surface area contributed by atoms with Gasteiger partial charge in [0.1, 0.15) is 0 Å². The van der Waals surface area contributed by atoms with Gasteiger partial charge in [0.15, 0.2) is 11.5 Å². The monoisotopic (exact) mass is 496 g/mol. The van der Waals surface area contributed by atoms with Crippen LogP contribution in [0.5, 0.6) is 11.5 Å². The molecule has 7 nitrogen and oxygen atoms in total. The third-order valence-electron chi connectivity index (χ3n) is 5.79. The molecule has 2 atom stereocenters. The van der Waals surface area contributed by atoms with Gasteiger partial charge in [-0.3, -0.25) is 4.79 Å². The minimum Gasteiger partial charge on any atom is -0.493 e. The van der Waals surface area contributed by atoms with Gasteiger partial charge in [-0.05, 0) is 61.2 Å². The molecule has 2 N–H and O–H groups in total. The second-order valence-electron chi connectivity index (χ2n) is 8.30. The van der Waals surface area contributed by atoms with E-state index < -0.39 is 10.0 Å². The molecule has 0 aliphatic carbocycles. The second-order valence-corrected chi connectivity index (χ2v) is 10.0. The zero-order chi connectivity index (χ0) is 25.4. The van der Waals surface area contributed by atoms with Crippen LogP contribution in [0.25, 0.3) is 0 Å². The number of carbonyl (C=O) groups excluding carboxylic acids is 1. The van der Waals surface area contributed by atoms with Crippen LogP contribution < -0.4 is 19.5 Å². The summed E-state index contributed by atoms with van der Waals surface area (Å²) in [4.78, 5) is 12.7. The van der Waals surface area contributed by atoms with Crippen molar-refractivity contribution in [2.75, 3.05) is 14.2 Å². The summed E-state index contributed by atoms with van der Waals surface area (Å²) in [6, 6.07) is 21.0. The van der Waals surface area contributed by atoms with E-state index in [1.807, 2.05) is 62.4 Å². The first kappa shape index (κ1) is 26.2. The summed E-state index contributed by atoms with van der Waals surface area (Å²) in [5.41, 5.74) is 2.68. The first-order chi connectivity index (χ1) is 16.7. The molecular weight excluding hydrogens is 464 g/mol. The molecule has 0 aliphatic rings. The van der Waals surface area contributed by atoms with E-state index in [1.165, 1.54) is 0 Å². The van der Waals surface area contributed by atoms with Gasteiger partial charge in [0.05, 0.1) is 25.2 Å². The van der Waals surface area contributed by atoms with E-state index in [9.17, 15) is 13.2 Å². The summed E-state index contributed by atoms with van der Waals surface area (Å²) in [5, 5.41) is 2.99. The number of benzene rings is 3. The summed E-state index contributed by atoms with van der Waals surface area (Å²) in [5.74, 6) is 1.14. The van der Waals surface area contributed by atoms with E-state index in [-0.39, 0.29) is 29.3 Å². The summed E-state index contributed by atoms with van der Waals surface area (Å²) in [6.45, 7) is 3.71. The van der Waals surface area contributed by atoms with Crippen LogP contribution >= 0.6 is 0 Å². The molecule has 0 aliphatic heterocycles. The maximum Gasteiger partial charge on any atom is 0.241 e. The van der Waals surface area contributed by atoms with Gasteiger partial charge in [0, 0.05) is 12.5 Å². The Morgan fingerprint density at radius 1 is 0.829 bits per heavy atom. The maximum absolute atomic E-state index is 12.7. The van der Waals surface area contributed by atoms with Crippen LogP contribution in [0.2, 0.25) is 0 Å². The highest BCUT2D eigenvalue weighted by Crippen LogP contribution is 2.30. The van der Waals surface area contributed by atoms with Crippen LogP contribution in [0.4, 0.5) is 0 Å². The van der Waals surface area contributed by atoms with Crippen molar-refractivity contribution in [2.45, 2.75) is 43.7 Å². The Morgan fingerprint density at radius 2 is 1.49 bits per heavy atom. The summed E-state index contributed by atoms with van der Waals surface area (Å²) >= 11 is 0. The van der Waals surface area contributed by atoms with Crippen LogP contribution in [-0.4, -0.2) is 28.5 Å². The van der Waals surface area contributed by atoms with Crippen molar-refractivity contribution in [1.82, 2.24) is 10.0 Å². The molecule has 1 amide bonds. The first-order valence-corrected chi connectivity index (χ1v) is 12.9. The average Bonchev–Trinajstić information content (AvgIpc) is 2.87. The van der Waals surface area contributed by atoms with Crippen molar-refractivity contribution >= 4 is 15.9 Å². The van der Waals surface area contributed by atoms with Gasteiger partial charge in [-0.1, -0.05) is 48.5 Å². The molecule has 0 bridgehead atoms. The summed E-state index contributed by atoms with van der Waals surface area (Å²) in [7, 11) is -0.515. The van der Waals surface area contributed by atoms with Gasteiger partial charge in [0.2, 0.25) is 15.9 Å². The highest BCUT2D eigenvalue weighted by molar-refractivity contribution is 7.89. The fraction of sp³-hybridized carbons (Fsp3) is 0.296. The molecule has 3 rings (SSSR count). The van der Waals surface area contributed by atoms with Crippen molar-refractivity contribution in [3.8, 4) is 11.5 Å². The molecule has 3 aromatic carbocycles. The first-order valence-electron chi connectivity index (χ1n) is 11.4. The minimum atomic E-state index is -3.66. The molecule has 3 aromatic rings. The Balaban J connectivity index is 1.54. The lowest BCUT2D eigenvalue weighted by Gasteiger charge is -2.17. The van der Waals surface area contributed by atoms with Crippen molar-refractivity contribution in [1.29, 1.82) is 0 Å². The van der Waals surface area contributed by atoms with Gasteiger partial charge in [-0.25, -0.2) is 13.1 Å². The smallest absolute Gasteiger partial charge is 0.241 e. The number of rotatable bonds is 11. The van der Waals surface area contributed by atoms with Crippen LogP contribution in [0.1, 0.15) is 49.0 Å². The molecule has 8 heteroatoms. The second kappa shape index (κ2) is 11.9. The van der Waals surface area contributed by atoms with Crippen LogP contribution in [0.15, 0.2) is 77.7 Å². The molecule has 0 radical (unpaired) electrons. The summed E-state index contributed by atoms with van der Waals surface area (Å²) in [6.07, 6.45) is 0.783. The van der Waals surface area contributed by atoms with Crippen LogP contribution in [-0.2, 0) is 21.2 Å². The highest BCUT2D eigenvalue weighted by atomic mass is 32.2. The van der Waals surface area contributed by atoms with E-state index >= 15 is 0 Å². The largest absolute Gasteiger partial charge is 0.493 e. The van der Waals surface area contributed by atoms with Crippen molar-refractivity contribution in [3.05, 3.63) is 89.5 Å². The van der Waals surface area contributed by atoms with Gasteiger partial charge in [-0.2, -0.15) is 0 Å². The number of aryl methyl sites for hydroxylation is 1. The highest BCUT2D eigenvalue weighted by Gasteiger charge is 2.18. The average molecular weight is 497 g/mol. The maximum atomic E-state index is 12.7. The predicted octanol–water partition coefficient (Wildman–Crippen LogP) is 4.55. The number of methoxy groups -OCH3 is 2. The molecule has 0 saturated heterocycles. The van der Waals surface area contributed by atoms with Gasteiger partial charge >= 0.3 is 0 Å². The number of carbonyl (C=O) groups is 1. The molecule has 0 fully saturated rings. The topological polar surface area (TPSA) is 93.7 Å². The fourth-order valence-electron chi connectivity index (χ4n) is 3.72. The van der Waals surface area contributed by atoms with E-state index in [0.29, 0.717) is 17.9 Å². The Kier molecular flexibility index (Phi) is 8.89. The van der Waals surface area contributed by atoms with E-state index in [1.54, 1.807) is 38.5 Å². The number of sulfonamides is 1. The number of nitrogens with one attached hydrogen (secondary N) is 2. The van der Waals surface area contributed by atoms with Gasteiger partial charge in [-0.15, -0.1) is 0 Å². The van der Waals surface area contributed by atoms with Crippen molar-refractivity contribution in [3.63, 3.8) is 0 Å². The Labute approximate surface area is 207 Å². The zero-order valence-corrected chi connectivity index (χ0v) is 21.3. The number of hydrogen-bond acceptors (Lipinski definition) is 5. The lowest BCUT2D eigenvalue weighted by Crippen LogP contribution is -2.27. The molecule has 0 spiro atoms. The number of hydrogen-bond donors (Lipinski definition) is 2. The molecule has 186 valence electrons. The van der Waals surface area contributed by atoms with Gasteiger partial charge < -0.3 is 14.8 Å². The number of amides is 1. The third-order valence-corrected chi connectivity index (χ3v) is 7.35.